The minimum absolute atomic E-state index is 0.103. The van der Waals surface area contributed by atoms with E-state index in [1.165, 1.54) is 17.3 Å². The van der Waals surface area contributed by atoms with E-state index in [-0.39, 0.29) is 30.0 Å². The van der Waals surface area contributed by atoms with Crippen molar-refractivity contribution in [1.29, 1.82) is 0 Å². The molecule has 1 N–H and O–H groups in total. The van der Waals surface area contributed by atoms with Crippen LogP contribution in [-0.4, -0.2) is 39.0 Å². The fourth-order valence-electron chi connectivity index (χ4n) is 2.73. The van der Waals surface area contributed by atoms with Crippen LogP contribution in [0.15, 0.2) is 61.2 Å². The first-order chi connectivity index (χ1) is 15.2. The van der Waals surface area contributed by atoms with Crippen molar-refractivity contribution >= 4 is 23.3 Å². The highest BCUT2D eigenvalue weighted by Crippen LogP contribution is 2.33. The summed E-state index contributed by atoms with van der Waals surface area (Å²) in [6.07, 6.45) is -2.54. The molecule has 0 saturated carbocycles. The van der Waals surface area contributed by atoms with Gasteiger partial charge in [0, 0.05) is 12.0 Å². The highest BCUT2D eigenvalue weighted by molar-refractivity contribution is 5.98. The lowest BCUT2D eigenvalue weighted by atomic mass is 10.1. The van der Waals surface area contributed by atoms with Gasteiger partial charge in [0.25, 0.3) is 5.91 Å². The molecular formula is C21H17F3N4O4. The van der Waals surface area contributed by atoms with Crippen LogP contribution in [0.25, 0.3) is 5.69 Å². The highest BCUT2D eigenvalue weighted by Gasteiger charge is 2.31. The molecule has 1 aromatic heterocycles. The number of rotatable bonds is 8. The van der Waals surface area contributed by atoms with Crippen LogP contribution in [0.2, 0.25) is 0 Å². The molecule has 3 aromatic rings. The molecule has 0 saturated heterocycles. The summed E-state index contributed by atoms with van der Waals surface area (Å²) < 4.78 is 45.2. The number of alkyl halides is 3. The van der Waals surface area contributed by atoms with Crippen LogP contribution >= 0.6 is 0 Å². The molecule has 11 heteroatoms. The third-order valence-electron chi connectivity index (χ3n) is 4.28. The van der Waals surface area contributed by atoms with Crippen molar-refractivity contribution in [3.63, 3.8) is 0 Å². The Morgan fingerprint density at radius 2 is 1.78 bits per heavy atom. The van der Waals surface area contributed by atoms with Gasteiger partial charge >= 0.3 is 12.1 Å². The summed E-state index contributed by atoms with van der Waals surface area (Å²) in [4.78, 5) is 39.8. The van der Waals surface area contributed by atoms with Gasteiger partial charge in [-0.3, -0.25) is 14.4 Å². The Morgan fingerprint density at radius 3 is 2.44 bits per heavy atom. The Labute approximate surface area is 180 Å². The number of carbonyl (C=O) groups is 3. The second kappa shape index (κ2) is 9.86. The van der Waals surface area contributed by atoms with Gasteiger partial charge in [0.2, 0.25) is 0 Å². The number of hydrogen-bond donors (Lipinski definition) is 1. The molecule has 8 nitrogen and oxygen atoms in total. The zero-order valence-electron chi connectivity index (χ0n) is 16.5. The summed E-state index contributed by atoms with van der Waals surface area (Å²) >= 11 is 0. The Balaban J connectivity index is 1.59. The Hall–Kier alpha value is -4.02. The number of nitrogens with zero attached hydrogens (tertiary/aromatic N) is 3. The van der Waals surface area contributed by atoms with Crippen LogP contribution in [0, 0.1) is 0 Å². The molecule has 0 radical (unpaired) electrons. The number of amides is 1. The molecular weight excluding hydrogens is 429 g/mol. The van der Waals surface area contributed by atoms with Crippen LogP contribution in [-0.2, 0) is 20.5 Å². The molecule has 3 rings (SSSR count). The smallest absolute Gasteiger partial charge is 0.416 e. The number of ether oxygens (including phenoxy) is 1. The van der Waals surface area contributed by atoms with E-state index in [0.29, 0.717) is 5.56 Å². The molecule has 2 aromatic carbocycles. The molecule has 166 valence electrons. The number of ketones is 1. The lowest BCUT2D eigenvalue weighted by Gasteiger charge is -2.14. The van der Waals surface area contributed by atoms with Gasteiger partial charge in [0.05, 0.1) is 23.4 Å². The number of hydrogen-bond acceptors (Lipinski definition) is 6. The molecule has 0 aliphatic heterocycles. The topological polar surface area (TPSA) is 103 Å². The third-order valence-corrected chi connectivity index (χ3v) is 4.28. The van der Waals surface area contributed by atoms with Crippen LogP contribution in [0.3, 0.4) is 0 Å². The maximum absolute atomic E-state index is 13.1. The van der Waals surface area contributed by atoms with Gasteiger partial charge < -0.3 is 10.1 Å². The van der Waals surface area contributed by atoms with Gasteiger partial charge in [-0.25, -0.2) is 9.67 Å². The maximum atomic E-state index is 13.1. The van der Waals surface area contributed by atoms with E-state index in [9.17, 15) is 27.6 Å². The van der Waals surface area contributed by atoms with E-state index in [4.69, 9.17) is 4.74 Å². The van der Waals surface area contributed by atoms with E-state index in [0.717, 1.165) is 18.2 Å². The molecule has 0 aliphatic rings. The molecule has 0 bridgehead atoms. The second-order valence-corrected chi connectivity index (χ2v) is 6.57. The molecule has 0 spiro atoms. The number of nitrogens with one attached hydrogen (secondary N) is 1. The van der Waals surface area contributed by atoms with Crippen LogP contribution in [0.4, 0.5) is 18.9 Å². The standard InChI is InChI=1S/C21H17F3N4O4/c22-21(23,24)15-6-7-17(28-13-25-12-26-28)16(10-15)27-19(30)11-32-20(31)9-8-18(29)14-4-2-1-3-5-14/h1-7,10,12-13H,8-9,11H2,(H,27,30). The van der Waals surface area contributed by atoms with Gasteiger partial charge in [-0.1, -0.05) is 30.3 Å². The summed E-state index contributed by atoms with van der Waals surface area (Å²) in [5.74, 6) is -1.90. The second-order valence-electron chi connectivity index (χ2n) is 6.57. The van der Waals surface area contributed by atoms with Crippen molar-refractivity contribution in [2.24, 2.45) is 0 Å². The predicted octanol–water partition coefficient (Wildman–Crippen LogP) is 3.43. The third kappa shape index (κ3) is 6.00. The van der Waals surface area contributed by atoms with Gasteiger partial charge in [-0.15, -0.1) is 0 Å². The minimum atomic E-state index is -4.63. The van der Waals surface area contributed by atoms with Gasteiger partial charge in [0.1, 0.15) is 12.7 Å². The quantitative estimate of drug-likeness (QED) is 0.420. The molecule has 1 heterocycles. The number of benzene rings is 2. The SMILES string of the molecule is O=C(COC(=O)CCC(=O)c1ccccc1)Nc1cc(C(F)(F)F)ccc1-n1cncn1. The van der Waals surface area contributed by atoms with Crippen molar-refractivity contribution in [3.05, 3.63) is 72.3 Å². The van der Waals surface area contributed by atoms with Crippen LogP contribution < -0.4 is 5.32 Å². The van der Waals surface area contributed by atoms with E-state index in [1.807, 2.05) is 0 Å². The maximum Gasteiger partial charge on any atom is 0.416 e. The van der Waals surface area contributed by atoms with Gasteiger partial charge in [-0.05, 0) is 18.2 Å². The normalized spacial score (nSPS) is 11.1. The van der Waals surface area contributed by atoms with E-state index in [2.05, 4.69) is 15.4 Å². The van der Waals surface area contributed by atoms with Gasteiger partial charge in [-0.2, -0.15) is 18.3 Å². The summed E-state index contributed by atoms with van der Waals surface area (Å²) in [6, 6.07) is 11.1. The lowest BCUT2D eigenvalue weighted by Crippen LogP contribution is -2.22. The Bertz CT molecular complexity index is 1100. The average Bonchev–Trinajstić information content (AvgIpc) is 3.30. The average molecular weight is 446 g/mol. The number of anilines is 1. The molecule has 32 heavy (non-hydrogen) atoms. The van der Waals surface area contributed by atoms with Crippen molar-refractivity contribution in [1.82, 2.24) is 14.8 Å². The number of aromatic nitrogens is 3. The summed E-state index contributed by atoms with van der Waals surface area (Å²) in [5, 5.41) is 6.13. The molecule has 0 atom stereocenters. The van der Waals surface area contributed by atoms with Crippen molar-refractivity contribution in [3.8, 4) is 5.69 Å². The van der Waals surface area contributed by atoms with Crippen molar-refractivity contribution in [2.45, 2.75) is 19.0 Å². The zero-order chi connectivity index (χ0) is 23.1. The number of esters is 1. The van der Waals surface area contributed by atoms with E-state index < -0.39 is 30.2 Å². The monoisotopic (exact) mass is 446 g/mol. The minimum Gasteiger partial charge on any atom is -0.456 e. The first kappa shape index (κ1) is 22.7. The van der Waals surface area contributed by atoms with Crippen LogP contribution in [0.5, 0.6) is 0 Å². The molecule has 0 fully saturated rings. The van der Waals surface area contributed by atoms with Gasteiger partial charge in [0.15, 0.2) is 12.4 Å². The first-order valence-corrected chi connectivity index (χ1v) is 9.34. The van der Waals surface area contributed by atoms with Crippen molar-refractivity contribution < 1.29 is 32.3 Å². The largest absolute Gasteiger partial charge is 0.456 e. The fraction of sp³-hybridized carbons (Fsp3) is 0.190. The first-order valence-electron chi connectivity index (χ1n) is 9.34. The van der Waals surface area contributed by atoms with Crippen molar-refractivity contribution in [2.75, 3.05) is 11.9 Å². The van der Waals surface area contributed by atoms with E-state index >= 15 is 0 Å². The number of halogens is 3. The fourth-order valence-corrected chi connectivity index (χ4v) is 2.73. The highest BCUT2D eigenvalue weighted by atomic mass is 19.4. The zero-order valence-corrected chi connectivity index (χ0v) is 16.5. The number of Topliss-reactive ketones (excluding diaryl/α,β-unsaturated/α-hetero) is 1. The summed E-state index contributed by atoms with van der Waals surface area (Å²) in [6.45, 7) is -0.731. The summed E-state index contributed by atoms with van der Waals surface area (Å²) in [5.41, 5.74) is -0.578. The van der Waals surface area contributed by atoms with Crippen LogP contribution in [0.1, 0.15) is 28.8 Å². The van der Waals surface area contributed by atoms with E-state index in [1.54, 1.807) is 30.3 Å². The number of carbonyl (C=O) groups excluding carboxylic acids is 3. The predicted molar refractivity (Wildman–Crippen MR) is 106 cm³/mol. The molecule has 0 unspecified atom stereocenters. The lowest BCUT2D eigenvalue weighted by molar-refractivity contribution is -0.147. The Morgan fingerprint density at radius 1 is 1.03 bits per heavy atom. The summed E-state index contributed by atoms with van der Waals surface area (Å²) in [7, 11) is 0. The molecule has 1 amide bonds. The molecule has 0 aliphatic carbocycles. The Kier molecular flexibility index (Phi) is 6.98.